The number of amides is 2. The lowest BCUT2D eigenvalue weighted by Gasteiger charge is -2.10. The Bertz CT molecular complexity index is 616. The lowest BCUT2D eigenvalue weighted by atomic mass is 10.2. The van der Waals surface area contributed by atoms with Gasteiger partial charge in [-0.1, -0.05) is 6.07 Å². The van der Waals surface area contributed by atoms with Crippen molar-refractivity contribution in [1.82, 2.24) is 4.90 Å². The van der Waals surface area contributed by atoms with E-state index in [1.165, 1.54) is 0 Å². The van der Waals surface area contributed by atoms with E-state index in [0.717, 1.165) is 22.2 Å². The van der Waals surface area contributed by atoms with Gasteiger partial charge in [-0.2, -0.15) is 0 Å². The average molecular weight is 322 g/mol. The summed E-state index contributed by atoms with van der Waals surface area (Å²) in [7, 11) is 1.55. The quantitative estimate of drug-likeness (QED) is 0.808. The Labute approximate surface area is 133 Å². The van der Waals surface area contributed by atoms with Gasteiger partial charge in [-0.3, -0.25) is 14.5 Å². The molecule has 1 fully saturated rings. The van der Waals surface area contributed by atoms with Crippen molar-refractivity contribution < 1.29 is 19.1 Å². The van der Waals surface area contributed by atoms with E-state index in [0.29, 0.717) is 23.0 Å². The maximum absolute atomic E-state index is 12.1. The first kappa shape index (κ1) is 16.4. The fraction of sp³-hybridized carbons (Fsp3) is 0.333. The number of hydrogen-bond acceptors (Lipinski definition) is 6. The molecule has 1 aliphatic heterocycles. The highest BCUT2D eigenvalue weighted by Crippen LogP contribution is 2.34. The molecule has 6 nitrogen and oxygen atoms in total. The van der Waals surface area contributed by atoms with Crippen molar-refractivity contribution in [3.63, 3.8) is 0 Å². The molecule has 0 unspecified atom stereocenters. The van der Waals surface area contributed by atoms with Crippen molar-refractivity contribution in [2.75, 3.05) is 26.8 Å². The molecule has 2 rings (SSSR count). The van der Waals surface area contributed by atoms with E-state index < -0.39 is 0 Å². The second-order valence-corrected chi connectivity index (χ2v) is 5.46. The number of nitrogens with zero attached hydrogens (tertiary/aromatic N) is 1. The molecule has 1 aromatic carbocycles. The molecule has 0 spiro atoms. The van der Waals surface area contributed by atoms with Crippen LogP contribution in [0, 0.1) is 0 Å². The van der Waals surface area contributed by atoms with Crippen LogP contribution in [0.1, 0.15) is 12.5 Å². The zero-order valence-electron chi connectivity index (χ0n) is 12.5. The van der Waals surface area contributed by atoms with Crippen molar-refractivity contribution in [3.05, 3.63) is 28.7 Å². The van der Waals surface area contributed by atoms with Gasteiger partial charge in [0, 0.05) is 13.1 Å². The van der Waals surface area contributed by atoms with E-state index >= 15 is 0 Å². The smallest absolute Gasteiger partial charge is 0.293 e. The van der Waals surface area contributed by atoms with Gasteiger partial charge in [0.05, 0.1) is 18.6 Å². The van der Waals surface area contributed by atoms with Crippen LogP contribution in [0.5, 0.6) is 11.5 Å². The number of methoxy groups -OCH3 is 1. The minimum atomic E-state index is -0.312. The highest BCUT2D eigenvalue weighted by atomic mass is 32.2. The molecular formula is C15H18N2O4S. The largest absolute Gasteiger partial charge is 0.493 e. The monoisotopic (exact) mass is 322 g/mol. The van der Waals surface area contributed by atoms with Crippen LogP contribution in [0.4, 0.5) is 4.79 Å². The number of carbonyl (C=O) groups is 2. The first-order valence-corrected chi connectivity index (χ1v) is 7.68. The molecule has 7 heteroatoms. The van der Waals surface area contributed by atoms with Crippen molar-refractivity contribution in [2.24, 2.45) is 5.73 Å². The molecule has 0 bridgehead atoms. The molecule has 0 atom stereocenters. The highest BCUT2D eigenvalue weighted by molar-refractivity contribution is 8.18. The number of rotatable bonds is 6. The van der Waals surface area contributed by atoms with E-state index in [-0.39, 0.29) is 24.2 Å². The molecule has 22 heavy (non-hydrogen) atoms. The molecule has 1 saturated heterocycles. The number of nitrogens with two attached hydrogens (primary N) is 1. The molecule has 0 radical (unpaired) electrons. The Morgan fingerprint density at radius 2 is 2.09 bits per heavy atom. The lowest BCUT2D eigenvalue weighted by Crippen LogP contribution is -2.33. The van der Waals surface area contributed by atoms with Crippen LogP contribution < -0.4 is 15.2 Å². The van der Waals surface area contributed by atoms with Gasteiger partial charge in [0.25, 0.3) is 11.1 Å². The lowest BCUT2D eigenvalue weighted by molar-refractivity contribution is -0.122. The maximum Gasteiger partial charge on any atom is 0.293 e. The molecule has 2 amide bonds. The molecule has 1 aliphatic rings. The first-order chi connectivity index (χ1) is 10.6. The predicted molar refractivity (Wildman–Crippen MR) is 85.9 cm³/mol. The molecule has 0 aliphatic carbocycles. The van der Waals surface area contributed by atoms with Crippen LogP contribution in [0.2, 0.25) is 0 Å². The van der Waals surface area contributed by atoms with E-state index in [2.05, 4.69) is 0 Å². The third-order valence-corrected chi connectivity index (χ3v) is 3.92. The summed E-state index contributed by atoms with van der Waals surface area (Å²) >= 11 is 0.915. The Balaban J connectivity index is 2.26. The average Bonchev–Trinajstić information content (AvgIpc) is 2.77. The van der Waals surface area contributed by atoms with E-state index in [4.69, 9.17) is 15.2 Å². The van der Waals surface area contributed by atoms with Crippen LogP contribution in [0.25, 0.3) is 6.08 Å². The second-order valence-electron chi connectivity index (χ2n) is 4.47. The van der Waals surface area contributed by atoms with Gasteiger partial charge in [0.2, 0.25) is 0 Å². The number of carbonyl (C=O) groups excluding carboxylic acids is 2. The van der Waals surface area contributed by atoms with Crippen molar-refractivity contribution in [1.29, 1.82) is 0 Å². The topological polar surface area (TPSA) is 81.9 Å². The van der Waals surface area contributed by atoms with Gasteiger partial charge in [-0.25, -0.2) is 0 Å². The predicted octanol–water partition coefficient (Wildman–Crippen LogP) is 2.09. The van der Waals surface area contributed by atoms with Crippen molar-refractivity contribution >= 4 is 29.0 Å². The Morgan fingerprint density at radius 1 is 1.32 bits per heavy atom. The van der Waals surface area contributed by atoms with Crippen LogP contribution in [0.15, 0.2) is 23.1 Å². The third-order valence-electron chi connectivity index (χ3n) is 3.01. The second kappa shape index (κ2) is 7.33. The summed E-state index contributed by atoms with van der Waals surface area (Å²) in [6.07, 6.45) is 1.67. The fourth-order valence-electron chi connectivity index (χ4n) is 2.02. The minimum absolute atomic E-state index is 0.231. The van der Waals surface area contributed by atoms with Gasteiger partial charge >= 0.3 is 0 Å². The van der Waals surface area contributed by atoms with Crippen LogP contribution in [-0.2, 0) is 4.79 Å². The summed E-state index contributed by atoms with van der Waals surface area (Å²) in [6, 6.07) is 5.35. The third kappa shape index (κ3) is 3.42. The van der Waals surface area contributed by atoms with E-state index in [1.54, 1.807) is 25.3 Å². The van der Waals surface area contributed by atoms with Gasteiger partial charge in [0.15, 0.2) is 11.5 Å². The number of hydrogen-bond donors (Lipinski definition) is 1. The molecule has 118 valence electrons. The van der Waals surface area contributed by atoms with Crippen molar-refractivity contribution in [2.45, 2.75) is 6.92 Å². The summed E-state index contributed by atoms with van der Waals surface area (Å²) < 4.78 is 10.7. The van der Waals surface area contributed by atoms with Gasteiger partial charge < -0.3 is 15.2 Å². The zero-order chi connectivity index (χ0) is 16.1. The summed E-state index contributed by atoms with van der Waals surface area (Å²) in [4.78, 5) is 25.4. The molecule has 1 aromatic rings. The molecule has 1 heterocycles. The fourth-order valence-corrected chi connectivity index (χ4v) is 2.89. The minimum Gasteiger partial charge on any atom is -0.493 e. The molecule has 0 saturated carbocycles. The molecule has 2 N–H and O–H groups in total. The zero-order valence-corrected chi connectivity index (χ0v) is 13.3. The van der Waals surface area contributed by atoms with Gasteiger partial charge in [0.1, 0.15) is 0 Å². The van der Waals surface area contributed by atoms with Gasteiger partial charge in [-0.15, -0.1) is 0 Å². The summed E-state index contributed by atoms with van der Waals surface area (Å²) in [6.45, 7) is 2.91. The van der Waals surface area contributed by atoms with Crippen LogP contribution in [-0.4, -0.2) is 42.9 Å². The first-order valence-electron chi connectivity index (χ1n) is 6.87. The SMILES string of the molecule is CCOc1ccc(C=C2SC(=O)N(CCN)C2=O)cc1OC. The highest BCUT2D eigenvalue weighted by Gasteiger charge is 2.34. The summed E-state index contributed by atoms with van der Waals surface area (Å²) in [5.74, 6) is 0.906. The maximum atomic E-state index is 12.1. The Kier molecular flexibility index (Phi) is 5.46. The number of ether oxygens (including phenoxy) is 2. The number of imide groups is 1. The number of benzene rings is 1. The summed E-state index contributed by atoms with van der Waals surface area (Å²) in [5.41, 5.74) is 6.17. The van der Waals surface area contributed by atoms with Crippen LogP contribution in [0.3, 0.4) is 0 Å². The molecule has 0 aromatic heterocycles. The normalized spacial score (nSPS) is 16.5. The Hall–Kier alpha value is -1.99. The molecular weight excluding hydrogens is 304 g/mol. The number of thioether (sulfide) groups is 1. The standard InChI is InChI=1S/C15H18N2O4S/c1-3-21-11-5-4-10(8-12(11)20-2)9-13-14(18)17(7-6-16)15(19)22-13/h4-5,8-9H,3,6-7,16H2,1-2H3. The van der Waals surface area contributed by atoms with Crippen molar-refractivity contribution in [3.8, 4) is 11.5 Å². The van der Waals surface area contributed by atoms with E-state index in [9.17, 15) is 9.59 Å². The van der Waals surface area contributed by atoms with E-state index in [1.807, 2.05) is 13.0 Å². The van der Waals surface area contributed by atoms with Gasteiger partial charge in [-0.05, 0) is 42.5 Å². The summed E-state index contributed by atoms with van der Waals surface area (Å²) in [5, 5.41) is -0.292. The van der Waals surface area contributed by atoms with Crippen LogP contribution >= 0.6 is 11.8 Å². The Morgan fingerprint density at radius 3 is 2.73 bits per heavy atom.